The molecule has 1 fully saturated rings. The van der Waals surface area contributed by atoms with Crippen LogP contribution < -0.4 is 0 Å². The van der Waals surface area contributed by atoms with E-state index in [-0.39, 0.29) is 0 Å². The van der Waals surface area contributed by atoms with Crippen LogP contribution in [0.2, 0.25) is 0 Å². The van der Waals surface area contributed by atoms with E-state index in [1.807, 2.05) is 6.29 Å². The molecule has 1 aliphatic rings. The molecule has 21 heavy (non-hydrogen) atoms. The minimum absolute atomic E-state index is 0.602. The molecular formula is C18H27N2O. The second-order valence-electron chi connectivity index (χ2n) is 6.06. The predicted molar refractivity (Wildman–Crippen MR) is 87.1 cm³/mol. The molecule has 1 saturated heterocycles. The lowest BCUT2D eigenvalue weighted by Crippen LogP contribution is -2.46. The van der Waals surface area contributed by atoms with Crippen LogP contribution >= 0.6 is 0 Å². The van der Waals surface area contributed by atoms with E-state index in [0.717, 1.165) is 32.5 Å². The summed E-state index contributed by atoms with van der Waals surface area (Å²) in [5, 5.41) is 0. The molecular weight excluding hydrogens is 260 g/mol. The van der Waals surface area contributed by atoms with Crippen molar-refractivity contribution in [3.63, 3.8) is 0 Å². The molecule has 115 valence electrons. The summed E-state index contributed by atoms with van der Waals surface area (Å²) in [6.45, 7) is 9.06. The zero-order chi connectivity index (χ0) is 14.9. The van der Waals surface area contributed by atoms with Crippen LogP contribution in [0.15, 0.2) is 24.3 Å². The normalized spacial score (nSPS) is 17.0. The molecule has 3 nitrogen and oxygen atoms in total. The zero-order valence-corrected chi connectivity index (χ0v) is 13.2. The lowest BCUT2D eigenvalue weighted by Gasteiger charge is -2.34. The monoisotopic (exact) mass is 287 g/mol. The Hall–Kier alpha value is -1.19. The van der Waals surface area contributed by atoms with Gasteiger partial charge in [0.15, 0.2) is 6.29 Å². The van der Waals surface area contributed by atoms with Crippen LogP contribution in [0, 0.1) is 6.92 Å². The van der Waals surface area contributed by atoms with Crippen LogP contribution in [0.1, 0.15) is 36.8 Å². The van der Waals surface area contributed by atoms with Gasteiger partial charge in [-0.05, 0) is 31.9 Å². The summed E-state index contributed by atoms with van der Waals surface area (Å²) >= 11 is 0. The summed E-state index contributed by atoms with van der Waals surface area (Å²) in [7, 11) is 0. The quantitative estimate of drug-likeness (QED) is 0.687. The number of unbranched alkanes of at least 4 members (excludes halogenated alkanes) is 3. The van der Waals surface area contributed by atoms with Gasteiger partial charge in [0, 0.05) is 39.1 Å². The molecule has 1 radical (unpaired) electrons. The Morgan fingerprint density at radius 1 is 0.952 bits per heavy atom. The zero-order valence-electron chi connectivity index (χ0n) is 13.2. The molecule has 0 saturated carbocycles. The van der Waals surface area contributed by atoms with E-state index in [1.165, 1.54) is 37.2 Å². The van der Waals surface area contributed by atoms with Gasteiger partial charge in [0.2, 0.25) is 0 Å². The van der Waals surface area contributed by atoms with Gasteiger partial charge in [0.05, 0.1) is 0 Å². The van der Waals surface area contributed by atoms with E-state index in [1.54, 1.807) is 0 Å². The Morgan fingerprint density at radius 2 is 1.62 bits per heavy atom. The molecule has 0 unspecified atom stereocenters. The lowest BCUT2D eigenvalue weighted by molar-refractivity contribution is 0.125. The summed E-state index contributed by atoms with van der Waals surface area (Å²) in [5.41, 5.74) is 2.75. The number of piperazine rings is 1. The van der Waals surface area contributed by atoms with Gasteiger partial charge in [0.1, 0.15) is 0 Å². The van der Waals surface area contributed by atoms with Gasteiger partial charge in [-0.25, -0.2) is 0 Å². The molecule has 0 aromatic heterocycles. The van der Waals surface area contributed by atoms with Gasteiger partial charge in [-0.15, -0.1) is 0 Å². The first kappa shape index (κ1) is 16.2. The third-order valence-electron chi connectivity index (χ3n) is 4.24. The molecule has 0 amide bonds. The molecule has 0 spiro atoms. The largest absolute Gasteiger partial charge is 0.301 e. The highest BCUT2D eigenvalue weighted by atomic mass is 16.1. The van der Waals surface area contributed by atoms with E-state index >= 15 is 0 Å². The summed E-state index contributed by atoms with van der Waals surface area (Å²) < 4.78 is 0. The first-order valence-corrected chi connectivity index (χ1v) is 8.13. The van der Waals surface area contributed by atoms with Gasteiger partial charge in [-0.2, -0.15) is 0 Å². The van der Waals surface area contributed by atoms with Crippen molar-refractivity contribution in [2.75, 3.05) is 32.7 Å². The van der Waals surface area contributed by atoms with Crippen LogP contribution in [0.3, 0.4) is 0 Å². The van der Waals surface area contributed by atoms with Gasteiger partial charge in [-0.1, -0.05) is 36.2 Å². The van der Waals surface area contributed by atoms with E-state index in [4.69, 9.17) is 0 Å². The van der Waals surface area contributed by atoms with Crippen LogP contribution in [-0.4, -0.2) is 48.8 Å². The highest BCUT2D eigenvalue weighted by Crippen LogP contribution is 2.10. The molecule has 0 aliphatic carbocycles. The maximum atomic E-state index is 10.1. The lowest BCUT2D eigenvalue weighted by atomic mass is 10.1. The Labute approximate surface area is 128 Å². The maximum absolute atomic E-state index is 10.1. The number of benzene rings is 1. The van der Waals surface area contributed by atoms with Crippen LogP contribution in [0.4, 0.5) is 0 Å². The first-order chi connectivity index (χ1) is 10.3. The smallest absolute Gasteiger partial charge is 0.198 e. The van der Waals surface area contributed by atoms with Crippen molar-refractivity contribution in [2.24, 2.45) is 0 Å². The van der Waals surface area contributed by atoms with Crippen molar-refractivity contribution < 1.29 is 4.79 Å². The summed E-state index contributed by atoms with van der Waals surface area (Å²) in [4.78, 5) is 15.2. The third-order valence-corrected chi connectivity index (χ3v) is 4.24. The van der Waals surface area contributed by atoms with Gasteiger partial charge in [0.25, 0.3) is 0 Å². The molecule has 3 heteroatoms. The minimum atomic E-state index is 0.602. The highest BCUT2D eigenvalue weighted by Gasteiger charge is 2.16. The second kappa shape index (κ2) is 8.96. The molecule has 0 bridgehead atoms. The first-order valence-electron chi connectivity index (χ1n) is 8.13. The van der Waals surface area contributed by atoms with Crippen LogP contribution in [0.5, 0.6) is 0 Å². The van der Waals surface area contributed by atoms with Crippen molar-refractivity contribution in [1.82, 2.24) is 9.80 Å². The predicted octanol–water partition coefficient (Wildman–Crippen LogP) is 2.78. The number of aryl methyl sites for hydroxylation is 1. The van der Waals surface area contributed by atoms with Crippen molar-refractivity contribution in [3.05, 3.63) is 35.4 Å². The Balaban J connectivity index is 1.61. The van der Waals surface area contributed by atoms with E-state index < -0.39 is 0 Å². The molecule has 2 rings (SSSR count). The Bertz CT molecular complexity index is 408. The SMILES string of the molecule is Cc1ccc(CN2CCN(CCCCC[C]=O)CC2)cc1. The minimum Gasteiger partial charge on any atom is -0.301 e. The van der Waals surface area contributed by atoms with Crippen molar-refractivity contribution in [2.45, 2.75) is 39.2 Å². The fraction of sp³-hybridized carbons (Fsp3) is 0.611. The summed E-state index contributed by atoms with van der Waals surface area (Å²) in [5.74, 6) is 0. The van der Waals surface area contributed by atoms with Crippen LogP contribution in [-0.2, 0) is 11.3 Å². The fourth-order valence-electron chi connectivity index (χ4n) is 2.83. The standard InChI is InChI=1S/C18H27N2O/c1-17-6-8-18(9-7-17)16-20-13-11-19(12-14-20)10-4-2-3-5-15-21/h6-9H,2-5,10-14,16H2,1H3. The van der Waals surface area contributed by atoms with E-state index in [0.29, 0.717) is 6.42 Å². The number of hydrogen-bond acceptors (Lipinski definition) is 3. The van der Waals surface area contributed by atoms with E-state index in [9.17, 15) is 4.79 Å². The molecule has 1 aromatic carbocycles. The maximum Gasteiger partial charge on any atom is 0.198 e. The van der Waals surface area contributed by atoms with Gasteiger partial charge >= 0.3 is 0 Å². The van der Waals surface area contributed by atoms with Crippen molar-refractivity contribution >= 4 is 6.29 Å². The van der Waals surface area contributed by atoms with Crippen molar-refractivity contribution in [3.8, 4) is 0 Å². The second-order valence-corrected chi connectivity index (χ2v) is 6.06. The Morgan fingerprint density at radius 3 is 2.29 bits per heavy atom. The fourth-order valence-corrected chi connectivity index (χ4v) is 2.83. The molecule has 1 aliphatic heterocycles. The summed E-state index contributed by atoms with van der Waals surface area (Å²) in [6.07, 6.45) is 5.93. The highest BCUT2D eigenvalue weighted by molar-refractivity contribution is 5.50. The number of nitrogens with zero attached hydrogens (tertiary/aromatic N) is 2. The average Bonchev–Trinajstić information content (AvgIpc) is 2.51. The number of carbonyl (C=O) groups excluding carboxylic acids is 1. The van der Waals surface area contributed by atoms with Gasteiger partial charge in [-0.3, -0.25) is 9.69 Å². The summed E-state index contributed by atoms with van der Waals surface area (Å²) in [6, 6.07) is 8.88. The average molecular weight is 287 g/mol. The van der Waals surface area contributed by atoms with Crippen molar-refractivity contribution in [1.29, 1.82) is 0 Å². The molecule has 0 atom stereocenters. The molecule has 0 N–H and O–H groups in total. The number of rotatable bonds is 8. The number of hydrogen-bond donors (Lipinski definition) is 0. The van der Waals surface area contributed by atoms with Gasteiger partial charge < -0.3 is 4.90 Å². The topological polar surface area (TPSA) is 23.6 Å². The molecule has 1 heterocycles. The third kappa shape index (κ3) is 5.98. The van der Waals surface area contributed by atoms with Crippen LogP contribution in [0.25, 0.3) is 0 Å². The van der Waals surface area contributed by atoms with E-state index in [2.05, 4.69) is 41.0 Å². The Kier molecular flexibility index (Phi) is 6.90. The molecule has 1 aromatic rings.